The molecule has 154 valence electrons. The number of nitrogens with zero attached hydrogens (tertiary/aromatic N) is 3. The summed E-state index contributed by atoms with van der Waals surface area (Å²) in [5.41, 5.74) is 3.48. The number of aliphatic imine (C=N–C) groups is 1. The smallest absolute Gasteiger partial charge is 0.191 e. The number of guanidine groups is 1. The molecule has 1 fully saturated rings. The highest BCUT2D eigenvalue weighted by Crippen LogP contribution is 2.39. The van der Waals surface area contributed by atoms with Gasteiger partial charge in [0.2, 0.25) is 0 Å². The van der Waals surface area contributed by atoms with Gasteiger partial charge in [0.15, 0.2) is 5.96 Å². The molecule has 0 radical (unpaired) electrons. The number of aromatic nitrogens is 2. The summed E-state index contributed by atoms with van der Waals surface area (Å²) in [4.78, 5) is 9.62. The first kappa shape index (κ1) is 20.6. The molecule has 2 aromatic heterocycles. The van der Waals surface area contributed by atoms with Gasteiger partial charge in [-0.05, 0) is 50.2 Å². The summed E-state index contributed by atoms with van der Waals surface area (Å²) < 4.78 is 2.09. The Kier molecular flexibility index (Phi) is 7.31. The van der Waals surface area contributed by atoms with Crippen LogP contribution in [-0.2, 0) is 6.42 Å². The Hall–Kier alpha value is -2.08. The molecule has 0 amide bonds. The first-order valence-corrected chi connectivity index (χ1v) is 10.7. The van der Waals surface area contributed by atoms with Gasteiger partial charge in [0, 0.05) is 45.1 Å². The van der Waals surface area contributed by atoms with Crippen molar-refractivity contribution in [1.82, 2.24) is 20.0 Å². The lowest BCUT2D eigenvalue weighted by Crippen LogP contribution is -2.40. The van der Waals surface area contributed by atoms with Crippen molar-refractivity contribution in [1.29, 1.82) is 0 Å². The minimum atomic E-state index is 0.175. The second kappa shape index (κ2) is 9.92. The van der Waals surface area contributed by atoms with E-state index in [0.717, 1.165) is 49.8 Å². The molecule has 0 saturated heterocycles. The number of aliphatic hydroxyl groups is 1. The van der Waals surface area contributed by atoms with Crippen molar-refractivity contribution in [3.05, 3.63) is 35.8 Å². The summed E-state index contributed by atoms with van der Waals surface area (Å²) in [7, 11) is 0. The summed E-state index contributed by atoms with van der Waals surface area (Å²) in [6.07, 6.45) is 12.0. The van der Waals surface area contributed by atoms with Crippen molar-refractivity contribution in [2.45, 2.75) is 58.8 Å². The molecule has 0 spiro atoms. The van der Waals surface area contributed by atoms with Crippen LogP contribution >= 0.6 is 0 Å². The predicted molar refractivity (Wildman–Crippen MR) is 115 cm³/mol. The maximum Gasteiger partial charge on any atom is 0.191 e. The lowest BCUT2D eigenvalue weighted by atomic mass is 9.72. The fraction of sp³-hybridized carbons (Fsp3) is 0.636. The fourth-order valence-electron chi connectivity index (χ4n) is 4.25. The molecule has 6 heteroatoms. The summed E-state index contributed by atoms with van der Waals surface area (Å²) in [6.45, 7) is 6.86. The van der Waals surface area contributed by atoms with Crippen LogP contribution in [0.1, 0.15) is 56.7 Å². The number of imidazole rings is 1. The lowest BCUT2D eigenvalue weighted by molar-refractivity contribution is 0.137. The first-order chi connectivity index (χ1) is 13.7. The SMILES string of the molecule is CCNC(=NCC1(CCO)CCCCC1)NCCc1cn2cccc(C)c2n1. The Labute approximate surface area is 168 Å². The zero-order chi connectivity index (χ0) is 19.8. The highest BCUT2D eigenvalue weighted by molar-refractivity contribution is 5.79. The highest BCUT2D eigenvalue weighted by Gasteiger charge is 2.31. The zero-order valence-electron chi connectivity index (χ0n) is 17.4. The highest BCUT2D eigenvalue weighted by atomic mass is 16.3. The van der Waals surface area contributed by atoms with Crippen LogP contribution in [-0.4, -0.2) is 46.7 Å². The van der Waals surface area contributed by atoms with Crippen LogP contribution in [0.15, 0.2) is 29.5 Å². The molecule has 1 saturated carbocycles. The number of hydrogen-bond acceptors (Lipinski definition) is 3. The van der Waals surface area contributed by atoms with E-state index in [-0.39, 0.29) is 12.0 Å². The number of hydrogen-bond donors (Lipinski definition) is 3. The Morgan fingerprint density at radius 3 is 2.82 bits per heavy atom. The van der Waals surface area contributed by atoms with Crippen LogP contribution in [0.5, 0.6) is 0 Å². The van der Waals surface area contributed by atoms with Gasteiger partial charge in [0.1, 0.15) is 5.65 Å². The van der Waals surface area contributed by atoms with Gasteiger partial charge in [-0.25, -0.2) is 4.98 Å². The van der Waals surface area contributed by atoms with Gasteiger partial charge in [-0.1, -0.05) is 25.3 Å². The number of rotatable bonds is 8. The van der Waals surface area contributed by atoms with Gasteiger partial charge in [-0.15, -0.1) is 0 Å². The zero-order valence-corrected chi connectivity index (χ0v) is 17.4. The van der Waals surface area contributed by atoms with E-state index >= 15 is 0 Å². The molecule has 2 heterocycles. The topological polar surface area (TPSA) is 74.0 Å². The number of fused-ring (bicyclic) bond motifs is 1. The van der Waals surface area contributed by atoms with Crippen molar-refractivity contribution in [3.63, 3.8) is 0 Å². The summed E-state index contributed by atoms with van der Waals surface area (Å²) in [5.74, 6) is 0.866. The molecular formula is C22H35N5O. The summed E-state index contributed by atoms with van der Waals surface area (Å²) in [5, 5.41) is 16.3. The van der Waals surface area contributed by atoms with E-state index in [1.807, 2.05) is 6.20 Å². The van der Waals surface area contributed by atoms with Gasteiger partial charge in [0.05, 0.1) is 5.69 Å². The predicted octanol–water partition coefficient (Wildman–Crippen LogP) is 3.07. The molecule has 0 bridgehead atoms. The quantitative estimate of drug-likeness (QED) is 0.482. The van der Waals surface area contributed by atoms with Crippen molar-refractivity contribution in [2.75, 3.05) is 26.2 Å². The first-order valence-electron chi connectivity index (χ1n) is 10.7. The van der Waals surface area contributed by atoms with Crippen molar-refractivity contribution in [3.8, 4) is 0 Å². The second-order valence-electron chi connectivity index (χ2n) is 8.06. The molecule has 0 atom stereocenters. The monoisotopic (exact) mass is 385 g/mol. The maximum absolute atomic E-state index is 9.51. The summed E-state index contributed by atoms with van der Waals surface area (Å²) >= 11 is 0. The van der Waals surface area contributed by atoms with Crippen molar-refractivity contribution < 1.29 is 5.11 Å². The molecule has 3 rings (SSSR count). The van der Waals surface area contributed by atoms with E-state index in [1.54, 1.807) is 0 Å². The van der Waals surface area contributed by atoms with Gasteiger partial charge >= 0.3 is 0 Å². The minimum absolute atomic E-state index is 0.175. The maximum atomic E-state index is 9.51. The second-order valence-corrected chi connectivity index (χ2v) is 8.06. The van der Waals surface area contributed by atoms with Crippen molar-refractivity contribution in [2.24, 2.45) is 10.4 Å². The number of aryl methyl sites for hydroxylation is 1. The van der Waals surface area contributed by atoms with Crippen LogP contribution in [0.3, 0.4) is 0 Å². The number of nitrogens with one attached hydrogen (secondary N) is 2. The van der Waals surface area contributed by atoms with Crippen LogP contribution in [0, 0.1) is 12.3 Å². The van der Waals surface area contributed by atoms with E-state index in [0.29, 0.717) is 0 Å². The Bertz CT molecular complexity index is 771. The molecule has 1 aliphatic rings. The van der Waals surface area contributed by atoms with Crippen LogP contribution in [0.4, 0.5) is 0 Å². The average molecular weight is 386 g/mol. The van der Waals surface area contributed by atoms with E-state index in [9.17, 15) is 5.11 Å². The standard InChI is InChI=1S/C22H35N5O/c1-3-23-21(25-17-22(12-15-28)10-5-4-6-11-22)24-13-9-19-16-27-14-7-8-18(2)20(27)26-19/h7-8,14,16,28H,3-6,9-13,15,17H2,1-2H3,(H2,23,24,25). The minimum Gasteiger partial charge on any atom is -0.396 e. The van der Waals surface area contributed by atoms with Gasteiger partial charge in [-0.3, -0.25) is 4.99 Å². The summed E-state index contributed by atoms with van der Waals surface area (Å²) in [6, 6.07) is 4.14. The lowest BCUT2D eigenvalue weighted by Gasteiger charge is -2.35. The number of aliphatic hydroxyl groups excluding tert-OH is 1. The molecule has 0 unspecified atom stereocenters. The number of pyridine rings is 1. The average Bonchev–Trinajstić information content (AvgIpc) is 3.12. The van der Waals surface area contributed by atoms with E-state index in [4.69, 9.17) is 9.98 Å². The third-order valence-electron chi connectivity index (χ3n) is 5.87. The molecular weight excluding hydrogens is 350 g/mol. The molecule has 1 aliphatic carbocycles. The van der Waals surface area contributed by atoms with E-state index in [2.05, 4.69) is 47.2 Å². The largest absolute Gasteiger partial charge is 0.396 e. The molecule has 0 aliphatic heterocycles. The molecule has 6 nitrogen and oxygen atoms in total. The van der Waals surface area contributed by atoms with Gasteiger partial charge in [-0.2, -0.15) is 0 Å². The van der Waals surface area contributed by atoms with Gasteiger partial charge in [0.25, 0.3) is 0 Å². The van der Waals surface area contributed by atoms with E-state index < -0.39 is 0 Å². The van der Waals surface area contributed by atoms with Crippen LogP contribution in [0.25, 0.3) is 5.65 Å². The molecule has 0 aromatic carbocycles. The molecule has 2 aromatic rings. The van der Waals surface area contributed by atoms with Gasteiger partial charge < -0.3 is 20.1 Å². The third kappa shape index (κ3) is 5.25. The van der Waals surface area contributed by atoms with Crippen LogP contribution in [0.2, 0.25) is 0 Å². The Morgan fingerprint density at radius 2 is 2.11 bits per heavy atom. The van der Waals surface area contributed by atoms with E-state index in [1.165, 1.54) is 37.7 Å². The van der Waals surface area contributed by atoms with Crippen molar-refractivity contribution >= 4 is 11.6 Å². The Balaban J connectivity index is 1.58. The Morgan fingerprint density at radius 1 is 1.29 bits per heavy atom. The fourth-order valence-corrected chi connectivity index (χ4v) is 4.25. The van der Waals surface area contributed by atoms with Crippen LogP contribution < -0.4 is 10.6 Å². The third-order valence-corrected chi connectivity index (χ3v) is 5.87. The molecule has 28 heavy (non-hydrogen) atoms. The molecule has 3 N–H and O–H groups in total. The normalized spacial score (nSPS) is 17.0.